The van der Waals surface area contributed by atoms with Crippen LogP contribution in [0.1, 0.15) is 20.8 Å². The van der Waals surface area contributed by atoms with Gasteiger partial charge in [0.15, 0.2) is 0 Å². The number of nitrogens with one attached hydrogen (secondary N) is 1. The van der Waals surface area contributed by atoms with Crippen LogP contribution in [0.25, 0.3) is 11.0 Å². The Morgan fingerprint density at radius 2 is 1.63 bits per heavy atom. The number of fused-ring (bicyclic) bond motifs is 1. The highest BCUT2D eigenvalue weighted by atomic mass is 28.4. The smallest absolute Gasteiger partial charge is 0.370 e. The van der Waals surface area contributed by atoms with E-state index in [2.05, 4.69) is 15.4 Å². The van der Waals surface area contributed by atoms with Gasteiger partial charge in [0.2, 0.25) is 0 Å². The number of rotatable bonds is 7. The van der Waals surface area contributed by atoms with Gasteiger partial charge in [-0.3, -0.25) is 0 Å². The van der Waals surface area contributed by atoms with Gasteiger partial charge in [-0.2, -0.15) is 15.4 Å². The van der Waals surface area contributed by atoms with E-state index >= 15 is 0 Å². The van der Waals surface area contributed by atoms with E-state index in [9.17, 15) is 0 Å². The molecule has 2 aromatic rings. The lowest BCUT2D eigenvalue weighted by Gasteiger charge is -2.28. The molecule has 0 radical (unpaired) electrons. The van der Waals surface area contributed by atoms with E-state index in [1.165, 1.54) is 0 Å². The summed E-state index contributed by atoms with van der Waals surface area (Å²) in [6.07, 6.45) is 0. The number of hydrogen-bond acceptors (Lipinski definition) is 5. The molecule has 0 atom stereocenters. The Bertz CT molecular complexity index is 515. The lowest BCUT2D eigenvalue weighted by molar-refractivity contribution is 0.0862. The van der Waals surface area contributed by atoms with Crippen molar-refractivity contribution in [2.45, 2.75) is 20.8 Å². The Balaban J connectivity index is 2.54. The summed E-state index contributed by atoms with van der Waals surface area (Å²) in [5.74, 6) is 0. The fourth-order valence-electron chi connectivity index (χ4n) is 2.04. The zero-order valence-electron chi connectivity index (χ0n) is 11.5. The van der Waals surface area contributed by atoms with E-state index in [-0.39, 0.29) is 0 Å². The molecule has 19 heavy (non-hydrogen) atoms. The molecule has 0 saturated heterocycles. The monoisotopic (exact) mass is 281 g/mol. The fourth-order valence-corrected chi connectivity index (χ4v) is 4.67. The second-order valence-electron chi connectivity index (χ2n) is 3.85. The maximum Gasteiger partial charge on any atom is 0.539 e. The molecule has 0 aliphatic carbocycles. The topological polar surface area (TPSA) is 69.3 Å². The Morgan fingerprint density at radius 1 is 1.00 bits per heavy atom. The Morgan fingerprint density at radius 3 is 2.21 bits per heavy atom. The summed E-state index contributed by atoms with van der Waals surface area (Å²) >= 11 is 0. The van der Waals surface area contributed by atoms with Crippen molar-refractivity contribution < 1.29 is 13.3 Å². The van der Waals surface area contributed by atoms with Gasteiger partial charge in [-0.1, -0.05) is 12.1 Å². The molecule has 104 valence electrons. The number of H-pyrrole nitrogens is 1. The molecule has 0 fully saturated rings. The van der Waals surface area contributed by atoms with Crippen molar-refractivity contribution in [3.8, 4) is 0 Å². The summed E-state index contributed by atoms with van der Waals surface area (Å²) in [4.78, 5) is 0. The van der Waals surface area contributed by atoms with Crippen LogP contribution in [-0.4, -0.2) is 44.0 Å². The third kappa shape index (κ3) is 2.69. The zero-order valence-corrected chi connectivity index (χ0v) is 12.5. The molecule has 0 spiro atoms. The fraction of sp³-hybridized carbons (Fsp3) is 0.500. The van der Waals surface area contributed by atoms with Crippen molar-refractivity contribution in [1.82, 2.24) is 15.4 Å². The van der Waals surface area contributed by atoms with Gasteiger partial charge in [0, 0.05) is 19.8 Å². The van der Waals surface area contributed by atoms with Crippen LogP contribution in [0.15, 0.2) is 18.2 Å². The average molecular weight is 281 g/mol. The minimum absolute atomic E-state index is 0.528. The number of hydrogen-bond donors (Lipinski definition) is 1. The third-order valence-electron chi connectivity index (χ3n) is 2.68. The van der Waals surface area contributed by atoms with Crippen LogP contribution in [0.2, 0.25) is 0 Å². The standard InChI is InChI=1S/C12H19N3O3Si/c1-4-16-19(17-5-2,18-6-3)11-9-7-8-10-12(11)14-15-13-10/h7-9H,4-6H2,1-3H3,(H,13,14,15). The van der Waals surface area contributed by atoms with E-state index in [1.807, 2.05) is 39.0 Å². The van der Waals surface area contributed by atoms with Crippen LogP contribution < -0.4 is 5.19 Å². The van der Waals surface area contributed by atoms with Gasteiger partial charge in [-0.05, 0) is 26.8 Å². The van der Waals surface area contributed by atoms with Gasteiger partial charge < -0.3 is 13.3 Å². The molecule has 1 aromatic heterocycles. The first-order chi connectivity index (χ1) is 9.27. The van der Waals surface area contributed by atoms with Crippen molar-refractivity contribution in [1.29, 1.82) is 0 Å². The summed E-state index contributed by atoms with van der Waals surface area (Å²) in [5, 5.41) is 11.8. The zero-order chi connectivity index (χ0) is 13.7. The van der Waals surface area contributed by atoms with Gasteiger partial charge in [-0.25, -0.2) is 0 Å². The van der Waals surface area contributed by atoms with Crippen LogP contribution in [-0.2, 0) is 13.3 Å². The Labute approximate surface area is 113 Å². The average Bonchev–Trinajstić information content (AvgIpc) is 2.87. The van der Waals surface area contributed by atoms with Gasteiger partial charge in [-0.15, -0.1) is 0 Å². The molecule has 1 heterocycles. The van der Waals surface area contributed by atoms with Gasteiger partial charge in [0.1, 0.15) is 11.0 Å². The third-order valence-corrected chi connectivity index (χ3v) is 5.75. The molecule has 0 unspecified atom stereocenters. The van der Waals surface area contributed by atoms with Crippen LogP contribution in [0.3, 0.4) is 0 Å². The van der Waals surface area contributed by atoms with Gasteiger partial charge >= 0.3 is 8.80 Å². The molecular formula is C12H19N3O3Si. The summed E-state index contributed by atoms with van der Waals surface area (Å²) in [7, 11) is -2.92. The minimum Gasteiger partial charge on any atom is -0.370 e. The highest BCUT2D eigenvalue weighted by molar-refractivity contribution is 6.77. The first-order valence-corrected chi connectivity index (χ1v) is 8.21. The molecule has 7 heteroatoms. The number of aromatic nitrogens is 3. The van der Waals surface area contributed by atoms with E-state index in [4.69, 9.17) is 13.3 Å². The summed E-state index contributed by atoms with van der Waals surface area (Å²) in [5.41, 5.74) is 1.54. The largest absolute Gasteiger partial charge is 0.539 e. The Kier molecular flexibility index (Phi) is 4.64. The van der Waals surface area contributed by atoms with Crippen LogP contribution in [0, 0.1) is 0 Å². The van der Waals surface area contributed by atoms with Gasteiger partial charge in [0.05, 0.1) is 5.19 Å². The number of nitrogens with zero attached hydrogens (tertiary/aromatic N) is 2. The molecule has 0 bridgehead atoms. The van der Waals surface area contributed by atoms with Crippen molar-refractivity contribution >= 4 is 25.0 Å². The molecule has 2 rings (SSSR count). The number of para-hydroxylation sites is 1. The highest BCUT2D eigenvalue weighted by Gasteiger charge is 2.45. The van der Waals surface area contributed by atoms with Crippen LogP contribution >= 0.6 is 0 Å². The molecule has 0 amide bonds. The predicted molar refractivity (Wildman–Crippen MR) is 74.2 cm³/mol. The van der Waals surface area contributed by atoms with E-state index in [1.54, 1.807) is 0 Å². The lowest BCUT2D eigenvalue weighted by atomic mass is 10.3. The summed E-state index contributed by atoms with van der Waals surface area (Å²) in [6.45, 7) is 7.38. The SMILES string of the molecule is CCO[Si](OCC)(OCC)c1cccc2n[nH]nc12. The molecule has 1 N–H and O–H groups in total. The second kappa shape index (κ2) is 6.24. The molecule has 1 aromatic carbocycles. The summed E-state index contributed by atoms with van der Waals surface area (Å²) < 4.78 is 17.7. The molecule has 0 saturated carbocycles. The van der Waals surface area contributed by atoms with Crippen molar-refractivity contribution in [2.75, 3.05) is 19.8 Å². The van der Waals surface area contributed by atoms with E-state index in [0.29, 0.717) is 19.8 Å². The Hall–Kier alpha value is -1.28. The minimum atomic E-state index is -2.92. The second-order valence-corrected chi connectivity index (χ2v) is 6.37. The molecule has 0 aliphatic heterocycles. The van der Waals surface area contributed by atoms with Crippen LogP contribution in [0.4, 0.5) is 0 Å². The molecular weight excluding hydrogens is 262 g/mol. The van der Waals surface area contributed by atoms with Crippen molar-refractivity contribution in [2.24, 2.45) is 0 Å². The quantitative estimate of drug-likeness (QED) is 0.773. The van der Waals surface area contributed by atoms with Gasteiger partial charge in [0.25, 0.3) is 0 Å². The summed E-state index contributed by atoms with van der Waals surface area (Å²) in [6, 6.07) is 5.75. The normalized spacial score (nSPS) is 12.2. The first-order valence-electron chi connectivity index (χ1n) is 6.49. The highest BCUT2D eigenvalue weighted by Crippen LogP contribution is 2.15. The number of aromatic amines is 1. The molecule has 6 nitrogen and oxygen atoms in total. The lowest BCUT2D eigenvalue weighted by Crippen LogP contribution is -2.57. The molecule has 0 aliphatic rings. The van der Waals surface area contributed by atoms with Crippen molar-refractivity contribution in [3.63, 3.8) is 0 Å². The van der Waals surface area contributed by atoms with E-state index in [0.717, 1.165) is 16.2 Å². The predicted octanol–water partition coefficient (Wildman–Crippen LogP) is 1.21. The van der Waals surface area contributed by atoms with E-state index < -0.39 is 8.80 Å². The maximum absolute atomic E-state index is 5.89. The van der Waals surface area contributed by atoms with Crippen LogP contribution in [0.5, 0.6) is 0 Å². The maximum atomic E-state index is 5.89. The number of benzene rings is 1. The first kappa shape index (κ1) is 14.1. The van der Waals surface area contributed by atoms with Crippen molar-refractivity contribution in [3.05, 3.63) is 18.2 Å².